The van der Waals surface area contributed by atoms with Crippen molar-refractivity contribution in [2.45, 2.75) is 6.92 Å². The van der Waals surface area contributed by atoms with E-state index in [1.165, 1.54) is 0 Å². The molecule has 136 valence electrons. The molecule has 3 heterocycles. The summed E-state index contributed by atoms with van der Waals surface area (Å²) in [5.41, 5.74) is 5.73. The van der Waals surface area contributed by atoms with Crippen molar-refractivity contribution in [1.82, 2.24) is 14.4 Å². The number of nitrogens with zero attached hydrogens (tertiary/aromatic N) is 2. The summed E-state index contributed by atoms with van der Waals surface area (Å²) in [5, 5.41) is 10.2. The van der Waals surface area contributed by atoms with Crippen molar-refractivity contribution in [3.63, 3.8) is 0 Å². The number of aromatic amines is 1. The van der Waals surface area contributed by atoms with Gasteiger partial charge in [-0.2, -0.15) is 0 Å². The summed E-state index contributed by atoms with van der Waals surface area (Å²) < 4.78 is 1.94. The first-order valence-electron chi connectivity index (χ1n) is 9.00. The van der Waals surface area contributed by atoms with Gasteiger partial charge in [0.15, 0.2) is 5.43 Å². The van der Waals surface area contributed by atoms with Crippen LogP contribution < -0.4 is 5.43 Å². The molecule has 0 unspecified atom stereocenters. The number of hydrogen-bond acceptors (Lipinski definition) is 3. The van der Waals surface area contributed by atoms with Gasteiger partial charge >= 0.3 is 0 Å². The third kappa shape index (κ3) is 2.56. The van der Waals surface area contributed by atoms with Gasteiger partial charge in [-0.3, -0.25) is 4.79 Å². The Morgan fingerprint density at radius 2 is 1.79 bits per heavy atom. The first-order valence-corrected chi connectivity index (χ1v) is 9.00. The van der Waals surface area contributed by atoms with Crippen molar-refractivity contribution in [3.05, 3.63) is 88.8 Å². The molecule has 0 amide bonds. The minimum absolute atomic E-state index is 0.0196. The molecule has 0 atom stereocenters. The van der Waals surface area contributed by atoms with Crippen LogP contribution in [0.25, 0.3) is 39.1 Å². The summed E-state index contributed by atoms with van der Waals surface area (Å²) in [6, 6.07) is 18.6. The Balaban J connectivity index is 1.66. The minimum atomic E-state index is 0.0196. The van der Waals surface area contributed by atoms with Crippen molar-refractivity contribution in [2.24, 2.45) is 0 Å². The molecule has 3 aromatic heterocycles. The van der Waals surface area contributed by atoms with Crippen molar-refractivity contribution in [3.8, 4) is 28.3 Å². The monoisotopic (exact) mass is 367 g/mol. The van der Waals surface area contributed by atoms with E-state index in [2.05, 4.69) is 4.98 Å². The molecule has 0 aliphatic carbocycles. The highest BCUT2D eigenvalue weighted by molar-refractivity contribution is 5.83. The van der Waals surface area contributed by atoms with E-state index < -0.39 is 0 Å². The summed E-state index contributed by atoms with van der Waals surface area (Å²) in [5.74, 6) is 0.239. The second-order valence-corrected chi connectivity index (χ2v) is 6.85. The van der Waals surface area contributed by atoms with Crippen molar-refractivity contribution < 1.29 is 5.11 Å². The van der Waals surface area contributed by atoms with Crippen LogP contribution in [-0.4, -0.2) is 19.5 Å². The number of H-pyrrole nitrogens is 1. The number of aromatic hydroxyl groups is 1. The zero-order valence-corrected chi connectivity index (χ0v) is 15.2. The summed E-state index contributed by atoms with van der Waals surface area (Å²) in [6.07, 6.45) is 3.87. The van der Waals surface area contributed by atoms with Gasteiger partial charge in [0.2, 0.25) is 0 Å². The van der Waals surface area contributed by atoms with Crippen LogP contribution >= 0.6 is 0 Å². The van der Waals surface area contributed by atoms with Crippen LogP contribution in [0.5, 0.6) is 5.75 Å². The van der Waals surface area contributed by atoms with Crippen molar-refractivity contribution >= 4 is 16.6 Å². The van der Waals surface area contributed by atoms with Crippen molar-refractivity contribution in [1.29, 1.82) is 0 Å². The zero-order chi connectivity index (χ0) is 19.3. The van der Waals surface area contributed by atoms with E-state index in [4.69, 9.17) is 4.98 Å². The predicted octanol–water partition coefficient (Wildman–Crippen LogP) is 4.52. The molecular formula is C23H17N3O2. The minimum Gasteiger partial charge on any atom is -0.508 e. The molecule has 28 heavy (non-hydrogen) atoms. The van der Waals surface area contributed by atoms with Crippen LogP contribution in [0.15, 0.2) is 77.9 Å². The average Bonchev–Trinajstić information content (AvgIpc) is 3.14. The van der Waals surface area contributed by atoms with E-state index in [0.29, 0.717) is 10.9 Å². The standard InChI is InChI=1S/C23H17N3O2/c1-14-22(25-19-5-3-2-4-18(19)23(14)28)20-13-26-11-10-16(12-21(26)24-20)15-6-8-17(27)9-7-15/h2-13,27H,1H3,(H,25,28). The first kappa shape index (κ1) is 16.3. The summed E-state index contributed by atoms with van der Waals surface area (Å²) in [7, 11) is 0. The molecule has 0 aliphatic rings. The molecule has 5 aromatic rings. The Morgan fingerprint density at radius 3 is 2.61 bits per heavy atom. The Hall–Kier alpha value is -3.86. The molecule has 5 heteroatoms. The number of phenolic OH excluding ortho intramolecular Hbond substituents is 1. The zero-order valence-electron chi connectivity index (χ0n) is 15.2. The molecule has 2 aromatic carbocycles. The van der Waals surface area contributed by atoms with Crippen LogP contribution in [0.4, 0.5) is 0 Å². The molecule has 0 aliphatic heterocycles. The van der Waals surface area contributed by atoms with Gasteiger partial charge in [0.05, 0.1) is 5.69 Å². The number of rotatable bonds is 2. The maximum absolute atomic E-state index is 12.7. The van der Waals surface area contributed by atoms with Gasteiger partial charge in [0.1, 0.15) is 17.1 Å². The highest BCUT2D eigenvalue weighted by Gasteiger charge is 2.13. The molecule has 0 saturated heterocycles. The Kier molecular flexibility index (Phi) is 3.55. The van der Waals surface area contributed by atoms with Gasteiger partial charge in [-0.15, -0.1) is 0 Å². The lowest BCUT2D eigenvalue weighted by Crippen LogP contribution is -2.09. The summed E-state index contributed by atoms with van der Waals surface area (Å²) in [6.45, 7) is 1.83. The number of hydrogen-bond donors (Lipinski definition) is 2. The third-order valence-corrected chi connectivity index (χ3v) is 5.06. The van der Waals surface area contributed by atoms with Gasteiger partial charge in [0.25, 0.3) is 0 Å². The number of phenols is 1. The molecule has 0 bridgehead atoms. The number of imidazole rings is 1. The number of nitrogens with one attached hydrogen (secondary N) is 1. The van der Waals surface area contributed by atoms with Gasteiger partial charge in [-0.1, -0.05) is 24.3 Å². The third-order valence-electron chi connectivity index (χ3n) is 5.06. The van der Waals surface area contributed by atoms with E-state index in [0.717, 1.165) is 33.7 Å². The average molecular weight is 367 g/mol. The Morgan fingerprint density at radius 1 is 1.00 bits per heavy atom. The number of fused-ring (bicyclic) bond motifs is 2. The van der Waals surface area contributed by atoms with Crippen molar-refractivity contribution in [2.75, 3.05) is 0 Å². The first-order chi connectivity index (χ1) is 13.6. The summed E-state index contributed by atoms with van der Waals surface area (Å²) in [4.78, 5) is 20.8. The molecule has 5 nitrogen and oxygen atoms in total. The second-order valence-electron chi connectivity index (χ2n) is 6.85. The van der Waals surface area contributed by atoms with Crippen LogP contribution in [0.3, 0.4) is 0 Å². The van der Waals surface area contributed by atoms with Crippen LogP contribution in [0.2, 0.25) is 0 Å². The number of para-hydroxylation sites is 1. The van der Waals surface area contributed by atoms with Gasteiger partial charge < -0.3 is 14.5 Å². The smallest absolute Gasteiger partial charge is 0.192 e. The summed E-state index contributed by atoms with van der Waals surface area (Å²) >= 11 is 0. The molecule has 0 spiro atoms. The van der Waals surface area contributed by atoms with E-state index in [1.54, 1.807) is 12.1 Å². The van der Waals surface area contributed by atoms with Crippen LogP contribution in [0.1, 0.15) is 5.56 Å². The lowest BCUT2D eigenvalue weighted by atomic mass is 10.1. The molecule has 5 rings (SSSR count). The second kappa shape index (κ2) is 6.09. The van der Waals surface area contributed by atoms with E-state index in [9.17, 15) is 9.90 Å². The van der Waals surface area contributed by atoms with E-state index in [-0.39, 0.29) is 11.2 Å². The predicted molar refractivity (Wildman–Crippen MR) is 111 cm³/mol. The lowest BCUT2D eigenvalue weighted by molar-refractivity contribution is 0.475. The van der Waals surface area contributed by atoms with E-state index >= 15 is 0 Å². The Bertz CT molecular complexity index is 1400. The van der Waals surface area contributed by atoms with Crippen LogP contribution in [0, 0.1) is 6.92 Å². The number of benzene rings is 2. The number of aromatic nitrogens is 3. The van der Waals surface area contributed by atoms with Gasteiger partial charge in [-0.05, 0) is 54.4 Å². The molecule has 0 radical (unpaired) electrons. The van der Waals surface area contributed by atoms with Gasteiger partial charge in [0, 0.05) is 28.9 Å². The SMILES string of the molecule is Cc1c(-c2cn3ccc(-c4ccc(O)cc4)cc3n2)[nH]c2ccccc2c1=O. The Labute approximate surface area is 160 Å². The van der Waals surface area contributed by atoms with Gasteiger partial charge in [-0.25, -0.2) is 4.98 Å². The molecular weight excluding hydrogens is 350 g/mol. The number of pyridine rings is 2. The van der Waals surface area contributed by atoms with Crippen LogP contribution in [-0.2, 0) is 0 Å². The quantitative estimate of drug-likeness (QED) is 0.482. The highest BCUT2D eigenvalue weighted by Crippen LogP contribution is 2.26. The van der Waals surface area contributed by atoms with E-state index in [1.807, 2.05) is 72.2 Å². The highest BCUT2D eigenvalue weighted by atomic mass is 16.3. The fraction of sp³-hybridized carbons (Fsp3) is 0.0435. The fourth-order valence-corrected chi connectivity index (χ4v) is 3.53. The largest absolute Gasteiger partial charge is 0.508 e. The molecule has 2 N–H and O–H groups in total. The maximum atomic E-state index is 12.7. The topological polar surface area (TPSA) is 70.4 Å². The molecule has 0 saturated carbocycles. The normalized spacial score (nSPS) is 11.3. The maximum Gasteiger partial charge on any atom is 0.192 e. The lowest BCUT2D eigenvalue weighted by Gasteiger charge is -2.05. The fourth-order valence-electron chi connectivity index (χ4n) is 3.53. The molecule has 0 fully saturated rings.